The molecular formula is C13H24O10. The minimum absolute atomic E-state index is 0.0344. The Kier molecular flexibility index (Phi) is 6.30. The van der Waals surface area contributed by atoms with Crippen LogP contribution in [0, 0.1) is 5.92 Å². The van der Waals surface area contributed by atoms with Gasteiger partial charge < -0.3 is 50.3 Å². The zero-order valence-corrected chi connectivity index (χ0v) is 12.3. The predicted octanol–water partition coefficient (Wildman–Crippen LogP) is -4.73. The van der Waals surface area contributed by atoms with Crippen LogP contribution in [0.15, 0.2) is 0 Å². The summed E-state index contributed by atoms with van der Waals surface area (Å²) in [4.78, 5) is 0. The molecule has 1 saturated carbocycles. The SMILES string of the molecule is OC[C@H]1CC(O)[C@H](O)[C@@H](O[C@@H]2O[C@H](CO)[C@@H](O)[C@H](O)[C@H]2O)C1O. The van der Waals surface area contributed by atoms with E-state index in [4.69, 9.17) is 14.6 Å². The number of hydrogen-bond acceptors (Lipinski definition) is 10. The predicted molar refractivity (Wildman–Crippen MR) is 71.9 cm³/mol. The molecule has 0 aromatic heterocycles. The van der Waals surface area contributed by atoms with Crippen LogP contribution in [0.25, 0.3) is 0 Å². The average Bonchev–Trinajstić information content (AvgIpc) is 2.54. The van der Waals surface area contributed by atoms with Crippen molar-refractivity contribution in [1.29, 1.82) is 0 Å². The summed E-state index contributed by atoms with van der Waals surface area (Å²) in [6.07, 6.45) is -13.2. The van der Waals surface area contributed by atoms with Crippen LogP contribution < -0.4 is 0 Å². The van der Waals surface area contributed by atoms with Gasteiger partial charge in [-0.1, -0.05) is 0 Å². The molecule has 10 heteroatoms. The van der Waals surface area contributed by atoms with Crippen LogP contribution >= 0.6 is 0 Å². The smallest absolute Gasteiger partial charge is 0.187 e. The topological polar surface area (TPSA) is 180 Å². The van der Waals surface area contributed by atoms with Crippen LogP contribution in [0.5, 0.6) is 0 Å². The number of aliphatic hydroxyl groups is 8. The lowest BCUT2D eigenvalue weighted by molar-refractivity contribution is -0.332. The van der Waals surface area contributed by atoms with Crippen molar-refractivity contribution >= 4 is 0 Å². The highest BCUT2D eigenvalue weighted by Gasteiger charge is 2.49. The Labute approximate surface area is 132 Å². The molecule has 8 N–H and O–H groups in total. The highest BCUT2D eigenvalue weighted by Crippen LogP contribution is 2.31. The fraction of sp³-hybridized carbons (Fsp3) is 1.00. The fourth-order valence-corrected chi connectivity index (χ4v) is 2.96. The summed E-state index contributed by atoms with van der Waals surface area (Å²) in [5.41, 5.74) is 0. The van der Waals surface area contributed by atoms with E-state index in [-0.39, 0.29) is 6.42 Å². The minimum atomic E-state index is -1.70. The Morgan fingerprint density at radius 3 is 2.00 bits per heavy atom. The molecule has 2 unspecified atom stereocenters. The molecule has 10 atom stereocenters. The van der Waals surface area contributed by atoms with Crippen LogP contribution in [-0.2, 0) is 9.47 Å². The second-order valence-corrected chi connectivity index (χ2v) is 6.02. The lowest BCUT2D eigenvalue weighted by Crippen LogP contribution is -2.63. The molecule has 0 aromatic carbocycles. The molecule has 0 radical (unpaired) electrons. The summed E-state index contributed by atoms with van der Waals surface area (Å²) in [5.74, 6) is -0.747. The van der Waals surface area contributed by atoms with E-state index in [9.17, 15) is 35.7 Å². The van der Waals surface area contributed by atoms with E-state index in [2.05, 4.69) is 0 Å². The van der Waals surface area contributed by atoms with Crippen LogP contribution in [0.4, 0.5) is 0 Å². The third kappa shape index (κ3) is 3.66. The molecule has 1 aliphatic carbocycles. The number of aliphatic hydroxyl groups excluding tert-OH is 8. The summed E-state index contributed by atoms with van der Waals surface area (Å²) in [6.45, 7) is -1.10. The molecule has 0 amide bonds. The van der Waals surface area contributed by atoms with Gasteiger partial charge in [-0.3, -0.25) is 0 Å². The molecule has 2 fully saturated rings. The van der Waals surface area contributed by atoms with E-state index in [0.29, 0.717) is 0 Å². The Hall–Kier alpha value is -0.400. The van der Waals surface area contributed by atoms with Crippen molar-refractivity contribution in [2.45, 2.75) is 61.5 Å². The summed E-state index contributed by atoms with van der Waals surface area (Å²) in [7, 11) is 0. The van der Waals surface area contributed by atoms with Gasteiger partial charge in [0.15, 0.2) is 6.29 Å². The minimum Gasteiger partial charge on any atom is -0.396 e. The Balaban J connectivity index is 2.11. The average molecular weight is 340 g/mol. The van der Waals surface area contributed by atoms with Gasteiger partial charge in [0.1, 0.15) is 36.6 Å². The maximum atomic E-state index is 10.1. The molecule has 1 saturated heterocycles. The van der Waals surface area contributed by atoms with Gasteiger partial charge in [0.2, 0.25) is 0 Å². The van der Waals surface area contributed by atoms with Gasteiger partial charge in [-0.2, -0.15) is 0 Å². The van der Waals surface area contributed by atoms with Crippen LogP contribution in [0.1, 0.15) is 6.42 Å². The lowest BCUT2D eigenvalue weighted by atomic mass is 9.81. The van der Waals surface area contributed by atoms with Crippen molar-refractivity contribution in [3.05, 3.63) is 0 Å². The van der Waals surface area contributed by atoms with Crippen LogP contribution in [-0.4, -0.2) is 109 Å². The van der Waals surface area contributed by atoms with Gasteiger partial charge >= 0.3 is 0 Å². The van der Waals surface area contributed by atoms with E-state index >= 15 is 0 Å². The van der Waals surface area contributed by atoms with Crippen molar-refractivity contribution in [3.8, 4) is 0 Å². The first-order chi connectivity index (χ1) is 10.8. The first-order valence-electron chi connectivity index (χ1n) is 7.42. The van der Waals surface area contributed by atoms with Crippen molar-refractivity contribution in [1.82, 2.24) is 0 Å². The maximum Gasteiger partial charge on any atom is 0.187 e. The molecule has 0 spiro atoms. The quantitative estimate of drug-likeness (QED) is 0.247. The van der Waals surface area contributed by atoms with Gasteiger partial charge in [0.25, 0.3) is 0 Å². The first kappa shape index (κ1) is 18.9. The zero-order chi connectivity index (χ0) is 17.3. The molecule has 136 valence electrons. The molecule has 23 heavy (non-hydrogen) atoms. The van der Waals surface area contributed by atoms with Crippen molar-refractivity contribution in [2.24, 2.45) is 5.92 Å². The van der Waals surface area contributed by atoms with E-state index in [1.54, 1.807) is 0 Å². The van der Waals surface area contributed by atoms with Crippen molar-refractivity contribution in [3.63, 3.8) is 0 Å². The van der Waals surface area contributed by atoms with E-state index in [1.807, 2.05) is 0 Å². The monoisotopic (exact) mass is 340 g/mol. The Morgan fingerprint density at radius 2 is 1.43 bits per heavy atom. The fourth-order valence-electron chi connectivity index (χ4n) is 2.96. The molecule has 0 aromatic rings. The highest BCUT2D eigenvalue weighted by molar-refractivity contribution is 4.95. The first-order valence-corrected chi connectivity index (χ1v) is 7.42. The molecule has 2 rings (SSSR count). The van der Waals surface area contributed by atoms with Gasteiger partial charge in [-0.05, 0) is 6.42 Å². The van der Waals surface area contributed by atoms with E-state index in [1.165, 1.54) is 0 Å². The largest absolute Gasteiger partial charge is 0.396 e. The highest BCUT2D eigenvalue weighted by atomic mass is 16.7. The molecular weight excluding hydrogens is 316 g/mol. The van der Waals surface area contributed by atoms with Crippen molar-refractivity contribution in [2.75, 3.05) is 13.2 Å². The lowest BCUT2D eigenvalue weighted by Gasteiger charge is -2.45. The second-order valence-electron chi connectivity index (χ2n) is 6.02. The molecule has 2 aliphatic rings. The molecule has 1 heterocycles. The summed E-state index contributed by atoms with van der Waals surface area (Å²) in [6, 6.07) is 0. The third-order valence-electron chi connectivity index (χ3n) is 4.47. The Bertz CT molecular complexity index is 380. The number of ether oxygens (including phenoxy) is 2. The normalized spacial score (nSPS) is 51.7. The maximum absolute atomic E-state index is 10.1. The van der Waals surface area contributed by atoms with Crippen molar-refractivity contribution < 1.29 is 50.3 Å². The number of rotatable bonds is 4. The van der Waals surface area contributed by atoms with Gasteiger partial charge in [0.05, 0.1) is 18.8 Å². The zero-order valence-electron chi connectivity index (χ0n) is 12.3. The van der Waals surface area contributed by atoms with E-state index in [0.717, 1.165) is 0 Å². The van der Waals surface area contributed by atoms with Crippen LogP contribution in [0.2, 0.25) is 0 Å². The summed E-state index contributed by atoms with van der Waals surface area (Å²) < 4.78 is 10.4. The molecule has 0 bridgehead atoms. The van der Waals surface area contributed by atoms with Gasteiger partial charge in [-0.25, -0.2) is 0 Å². The molecule has 1 aliphatic heterocycles. The number of hydrogen-bond donors (Lipinski definition) is 8. The third-order valence-corrected chi connectivity index (χ3v) is 4.47. The molecule has 10 nitrogen and oxygen atoms in total. The summed E-state index contributed by atoms with van der Waals surface area (Å²) >= 11 is 0. The van der Waals surface area contributed by atoms with E-state index < -0.39 is 74.3 Å². The van der Waals surface area contributed by atoms with Gasteiger partial charge in [-0.15, -0.1) is 0 Å². The Morgan fingerprint density at radius 1 is 0.783 bits per heavy atom. The van der Waals surface area contributed by atoms with Gasteiger partial charge in [0, 0.05) is 12.5 Å². The summed E-state index contributed by atoms with van der Waals surface area (Å²) in [5, 5.41) is 77.4. The standard InChI is InChI=1S/C13H24O10/c14-2-4-1-5(16)8(18)12(7(4)17)23-13-11(21)10(20)9(19)6(3-15)22-13/h4-21H,1-3H2/t4-,5?,6-,7?,8+,9-,10+,11-,12+,13+/m1/s1. The van der Waals surface area contributed by atoms with Crippen LogP contribution in [0.3, 0.4) is 0 Å². The second kappa shape index (κ2) is 7.66.